The topological polar surface area (TPSA) is 58.2 Å². The van der Waals surface area contributed by atoms with E-state index in [1.807, 2.05) is 6.26 Å². The summed E-state index contributed by atoms with van der Waals surface area (Å²) in [6.07, 6.45) is 1.90. The number of hydrogen-bond donors (Lipinski definition) is 2. The number of rotatable bonds is 5. The third-order valence-corrected chi connectivity index (χ3v) is 1.79. The van der Waals surface area contributed by atoms with Crippen LogP contribution in [-0.2, 0) is 9.59 Å². The Hall–Kier alpha value is -0.710. The van der Waals surface area contributed by atoms with Crippen LogP contribution in [-0.4, -0.2) is 30.5 Å². The third kappa shape index (κ3) is 6.45. The summed E-state index contributed by atoms with van der Waals surface area (Å²) < 4.78 is 0. The standard InChI is InChI=1S/C8H16N2O2S/c1-6(2)8(12)9-4-7(11)10-5-13-3/h6H,4-5H2,1-3H3,(H,9,12)(H,10,11). The highest BCUT2D eigenvalue weighted by molar-refractivity contribution is 7.98. The molecule has 76 valence electrons. The van der Waals surface area contributed by atoms with Crippen molar-refractivity contribution < 1.29 is 9.59 Å². The number of amides is 2. The van der Waals surface area contributed by atoms with E-state index in [4.69, 9.17) is 0 Å². The minimum absolute atomic E-state index is 0.0670. The van der Waals surface area contributed by atoms with Crippen molar-refractivity contribution in [1.82, 2.24) is 10.6 Å². The average Bonchev–Trinajstić information content (AvgIpc) is 2.10. The predicted molar refractivity (Wildman–Crippen MR) is 54.4 cm³/mol. The number of carbonyl (C=O) groups is 2. The molecule has 0 aromatic rings. The van der Waals surface area contributed by atoms with E-state index in [2.05, 4.69) is 10.6 Å². The predicted octanol–water partition coefficient (Wildman–Crippen LogP) is 0.195. The molecule has 0 unspecified atom stereocenters. The van der Waals surface area contributed by atoms with Crippen LogP contribution in [0.5, 0.6) is 0 Å². The molecule has 0 aromatic carbocycles. The molecule has 0 aromatic heterocycles. The minimum atomic E-state index is -0.150. The van der Waals surface area contributed by atoms with Gasteiger partial charge in [0, 0.05) is 5.92 Å². The fourth-order valence-electron chi connectivity index (χ4n) is 0.587. The Bertz CT molecular complexity index is 183. The van der Waals surface area contributed by atoms with Crippen molar-refractivity contribution in [3.63, 3.8) is 0 Å². The molecule has 0 saturated carbocycles. The zero-order chi connectivity index (χ0) is 10.3. The quantitative estimate of drug-likeness (QED) is 0.629. The van der Waals surface area contributed by atoms with Gasteiger partial charge in [0.1, 0.15) is 0 Å². The second-order valence-electron chi connectivity index (χ2n) is 2.91. The van der Waals surface area contributed by atoms with Gasteiger partial charge < -0.3 is 10.6 Å². The maximum absolute atomic E-state index is 11.0. The van der Waals surface area contributed by atoms with E-state index >= 15 is 0 Å². The lowest BCUT2D eigenvalue weighted by molar-refractivity contribution is -0.127. The van der Waals surface area contributed by atoms with Crippen LogP contribution in [0.3, 0.4) is 0 Å². The van der Waals surface area contributed by atoms with Gasteiger partial charge in [-0.05, 0) is 6.26 Å². The molecule has 2 amide bonds. The van der Waals surface area contributed by atoms with Crippen LogP contribution in [0, 0.1) is 5.92 Å². The Morgan fingerprint density at radius 3 is 2.38 bits per heavy atom. The summed E-state index contributed by atoms with van der Waals surface area (Å²) >= 11 is 1.53. The molecular weight excluding hydrogens is 188 g/mol. The van der Waals surface area contributed by atoms with Gasteiger partial charge in [0.2, 0.25) is 11.8 Å². The first kappa shape index (κ1) is 12.3. The molecule has 0 atom stereocenters. The molecule has 4 nitrogen and oxygen atoms in total. The van der Waals surface area contributed by atoms with Crippen LogP contribution in [0.25, 0.3) is 0 Å². The van der Waals surface area contributed by atoms with Gasteiger partial charge in [-0.1, -0.05) is 13.8 Å². The smallest absolute Gasteiger partial charge is 0.240 e. The van der Waals surface area contributed by atoms with Crippen LogP contribution < -0.4 is 10.6 Å². The van der Waals surface area contributed by atoms with E-state index in [1.165, 1.54) is 11.8 Å². The molecule has 5 heteroatoms. The minimum Gasteiger partial charge on any atom is -0.347 e. The van der Waals surface area contributed by atoms with E-state index in [1.54, 1.807) is 13.8 Å². The molecule has 0 fully saturated rings. The first-order valence-corrected chi connectivity index (χ1v) is 5.50. The van der Waals surface area contributed by atoms with Crippen LogP contribution in [0.1, 0.15) is 13.8 Å². The van der Waals surface area contributed by atoms with Gasteiger partial charge in [0.05, 0.1) is 12.4 Å². The lowest BCUT2D eigenvalue weighted by atomic mass is 10.2. The molecule has 0 rings (SSSR count). The Balaban J connectivity index is 3.52. The summed E-state index contributed by atoms with van der Waals surface area (Å²) in [5.74, 6) is 0.257. The molecular formula is C8H16N2O2S. The van der Waals surface area contributed by atoms with Crippen LogP contribution in [0.15, 0.2) is 0 Å². The molecule has 13 heavy (non-hydrogen) atoms. The fraction of sp³-hybridized carbons (Fsp3) is 0.750. The highest BCUT2D eigenvalue weighted by atomic mass is 32.2. The van der Waals surface area contributed by atoms with Crippen LogP contribution in [0.4, 0.5) is 0 Å². The summed E-state index contributed by atoms with van der Waals surface area (Å²) in [6.45, 7) is 3.64. The van der Waals surface area contributed by atoms with E-state index in [0.717, 1.165) is 0 Å². The molecule has 0 bridgehead atoms. The summed E-state index contributed by atoms with van der Waals surface area (Å²) in [5, 5.41) is 5.17. The maximum atomic E-state index is 11.0. The maximum Gasteiger partial charge on any atom is 0.240 e. The number of nitrogens with one attached hydrogen (secondary N) is 2. The van der Waals surface area contributed by atoms with E-state index in [9.17, 15) is 9.59 Å². The van der Waals surface area contributed by atoms with Gasteiger partial charge in [-0.3, -0.25) is 9.59 Å². The highest BCUT2D eigenvalue weighted by Crippen LogP contribution is 1.89. The van der Waals surface area contributed by atoms with Crippen molar-refractivity contribution >= 4 is 23.6 Å². The average molecular weight is 204 g/mol. The summed E-state index contributed by atoms with van der Waals surface area (Å²) in [6, 6.07) is 0. The van der Waals surface area contributed by atoms with E-state index in [-0.39, 0.29) is 24.3 Å². The van der Waals surface area contributed by atoms with E-state index in [0.29, 0.717) is 5.88 Å². The molecule has 0 aliphatic heterocycles. The largest absolute Gasteiger partial charge is 0.347 e. The molecule has 0 aliphatic carbocycles. The van der Waals surface area contributed by atoms with Crippen molar-refractivity contribution in [3.05, 3.63) is 0 Å². The Morgan fingerprint density at radius 2 is 1.92 bits per heavy atom. The van der Waals surface area contributed by atoms with Gasteiger partial charge >= 0.3 is 0 Å². The van der Waals surface area contributed by atoms with Gasteiger partial charge in [-0.25, -0.2) is 0 Å². The Kier molecular flexibility index (Phi) is 6.40. The van der Waals surface area contributed by atoms with Crippen molar-refractivity contribution in [2.75, 3.05) is 18.7 Å². The van der Waals surface area contributed by atoms with Crippen LogP contribution >= 0.6 is 11.8 Å². The second kappa shape index (κ2) is 6.77. The SMILES string of the molecule is CSCNC(=O)CNC(=O)C(C)C. The molecule has 0 saturated heterocycles. The molecule has 2 N–H and O–H groups in total. The molecule has 0 aliphatic rings. The van der Waals surface area contributed by atoms with Crippen LogP contribution in [0.2, 0.25) is 0 Å². The van der Waals surface area contributed by atoms with Crippen molar-refractivity contribution in [1.29, 1.82) is 0 Å². The highest BCUT2D eigenvalue weighted by Gasteiger charge is 2.07. The normalized spacial score (nSPS) is 9.85. The summed E-state index contributed by atoms with van der Waals surface area (Å²) in [5.41, 5.74) is 0. The van der Waals surface area contributed by atoms with Gasteiger partial charge in [0.25, 0.3) is 0 Å². The zero-order valence-electron chi connectivity index (χ0n) is 8.22. The molecule has 0 heterocycles. The monoisotopic (exact) mass is 204 g/mol. The third-order valence-electron chi connectivity index (χ3n) is 1.36. The number of hydrogen-bond acceptors (Lipinski definition) is 3. The molecule has 0 spiro atoms. The van der Waals surface area contributed by atoms with Gasteiger partial charge in [0.15, 0.2) is 0 Å². The van der Waals surface area contributed by atoms with Crippen molar-refractivity contribution in [2.45, 2.75) is 13.8 Å². The zero-order valence-corrected chi connectivity index (χ0v) is 9.03. The number of thioether (sulfide) groups is 1. The summed E-state index contributed by atoms with van der Waals surface area (Å²) in [4.78, 5) is 22.0. The van der Waals surface area contributed by atoms with Gasteiger partial charge in [-0.15, -0.1) is 11.8 Å². The second-order valence-corrected chi connectivity index (χ2v) is 3.77. The van der Waals surface area contributed by atoms with Crippen molar-refractivity contribution in [3.8, 4) is 0 Å². The fourth-order valence-corrected chi connectivity index (χ4v) is 0.892. The summed E-state index contributed by atoms with van der Waals surface area (Å²) in [7, 11) is 0. The molecule has 0 radical (unpaired) electrons. The number of carbonyl (C=O) groups excluding carboxylic acids is 2. The Morgan fingerprint density at radius 1 is 1.31 bits per heavy atom. The first-order valence-electron chi connectivity index (χ1n) is 4.11. The van der Waals surface area contributed by atoms with Gasteiger partial charge in [-0.2, -0.15) is 0 Å². The lowest BCUT2D eigenvalue weighted by Gasteiger charge is -2.07. The van der Waals surface area contributed by atoms with E-state index < -0.39 is 0 Å². The lowest BCUT2D eigenvalue weighted by Crippen LogP contribution is -2.38. The van der Waals surface area contributed by atoms with Crippen molar-refractivity contribution in [2.24, 2.45) is 5.92 Å². The Labute approximate surface area is 82.8 Å². The first-order chi connectivity index (χ1) is 6.07.